The van der Waals surface area contributed by atoms with Gasteiger partial charge in [-0.2, -0.15) is 0 Å². The molecule has 1 aromatic carbocycles. The molecule has 0 radical (unpaired) electrons. The molecule has 3 nitrogen and oxygen atoms in total. The molecule has 1 fully saturated rings. The van der Waals surface area contributed by atoms with Gasteiger partial charge in [0.05, 0.1) is 10.2 Å². The summed E-state index contributed by atoms with van der Waals surface area (Å²) in [6.07, 6.45) is 4.44. The summed E-state index contributed by atoms with van der Waals surface area (Å²) in [4.78, 5) is 4.38. The summed E-state index contributed by atoms with van der Waals surface area (Å²) in [5.74, 6) is 0.317. The number of benzene rings is 1. The molecule has 0 unspecified atom stereocenters. The highest BCUT2D eigenvalue weighted by atomic mass is 79.9. The van der Waals surface area contributed by atoms with E-state index in [0.717, 1.165) is 12.2 Å². The van der Waals surface area contributed by atoms with Crippen LogP contribution in [0.25, 0.3) is 0 Å². The number of nitrogens with zero attached hydrogens (tertiary/aromatic N) is 1. The zero-order valence-electron chi connectivity index (χ0n) is 11.5. The predicted molar refractivity (Wildman–Crippen MR) is 82.5 cm³/mol. The highest BCUT2D eigenvalue weighted by molar-refractivity contribution is 9.10. The van der Waals surface area contributed by atoms with Gasteiger partial charge >= 0.3 is 0 Å². The van der Waals surface area contributed by atoms with Gasteiger partial charge in [-0.25, -0.2) is 4.39 Å². The lowest BCUT2D eigenvalue weighted by Gasteiger charge is -2.08. The van der Waals surface area contributed by atoms with Gasteiger partial charge < -0.3 is 10.1 Å². The number of ether oxygens (including phenoxy) is 1. The number of nitrogens with one attached hydrogen (secondary N) is 1. The van der Waals surface area contributed by atoms with Crippen LogP contribution in [0.15, 0.2) is 41.0 Å². The number of pyridine rings is 1. The van der Waals surface area contributed by atoms with Crippen LogP contribution < -0.4 is 10.1 Å². The van der Waals surface area contributed by atoms with Crippen molar-refractivity contribution >= 4 is 15.9 Å². The Labute approximate surface area is 131 Å². The standard InChI is InChI=1S/C16H16BrFN2O/c17-15-7-12(18)2-6-16(15)21-10-14-3-1-11(9-20-14)8-19-13-4-5-13/h1-3,6-7,9,13,19H,4-5,8,10H2. The van der Waals surface area contributed by atoms with Gasteiger partial charge in [-0.3, -0.25) is 4.98 Å². The third-order valence-electron chi connectivity index (χ3n) is 3.33. The van der Waals surface area contributed by atoms with Crippen LogP contribution in [0.2, 0.25) is 0 Å². The molecule has 2 aromatic rings. The van der Waals surface area contributed by atoms with E-state index in [4.69, 9.17) is 4.74 Å². The predicted octanol–water partition coefficient (Wildman–Crippen LogP) is 3.81. The average molecular weight is 351 g/mol. The maximum absolute atomic E-state index is 13.0. The first-order valence-electron chi connectivity index (χ1n) is 6.96. The molecular formula is C16H16BrFN2O. The normalized spacial score (nSPS) is 14.2. The van der Waals surface area contributed by atoms with E-state index in [2.05, 4.69) is 32.3 Å². The van der Waals surface area contributed by atoms with E-state index in [1.165, 1.54) is 30.5 Å². The first-order chi connectivity index (χ1) is 10.2. The first kappa shape index (κ1) is 14.5. The van der Waals surface area contributed by atoms with Crippen molar-refractivity contribution in [2.24, 2.45) is 0 Å². The summed E-state index contributed by atoms with van der Waals surface area (Å²) < 4.78 is 19.2. The van der Waals surface area contributed by atoms with Crippen molar-refractivity contribution in [1.82, 2.24) is 10.3 Å². The Bertz CT molecular complexity index is 614. The largest absolute Gasteiger partial charge is 0.486 e. The fourth-order valence-corrected chi connectivity index (χ4v) is 2.40. The molecule has 110 valence electrons. The van der Waals surface area contributed by atoms with Gasteiger partial charge in [0.25, 0.3) is 0 Å². The lowest BCUT2D eigenvalue weighted by atomic mass is 10.2. The zero-order chi connectivity index (χ0) is 14.7. The Kier molecular flexibility index (Phi) is 4.51. The molecule has 1 saturated carbocycles. The lowest BCUT2D eigenvalue weighted by Crippen LogP contribution is -2.15. The van der Waals surface area contributed by atoms with Crippen molar-refractivity contribution in [3.8, 4) is 5.75 Å². The second kappa shape index (κ2) is 6.54. The molecule has 3 rings (SSSR count). The summed E-state index contributed by atoms with van der Waals surface area (Å²) in [6.45, 7) is 1.23. The van der Waals surface area contributed by atoms with Crippen LogP contribution in [0.3, 0.4) is 0 Å². The first-order valence-corrected chi connectivity index (χ1v) is 7.75. The molecule has 21 heavy (non-hydrogen) atoms. The molecule has 0 spiro atoms. The van der Waals surface area contributed by atoms with Crippen LogP contribution in [0.5, 0.6) is 5.75 Å². The average Bonchev–Trinajstić information content (AvgIpc) is 3.30. The monoisotopic (exact) mass is 350 g/mol. The fraction of sp³-hybridized carbons (Fsp3) is 0.312. The minimum atomic E-state index is -0.292. The molecule has 5 heteroatoms. The lowest BCUT2D eigenvalue weighted by molar-refractivity contribution is 0.299. The summed E-state index contributed by atoms with van der Waals surface area (Å²) in [7, 11) is 0. The van der Waals surface area contributed by atoms with Gasteiger partial charge in [0, 0.05) is 18.8 Å². The Hall–Kier alpha value is -1.46. The maximum Gasteiger partial charge on any atom is 0.134 e. The van der Waals surface area contributed by atoms with E-state index in [1.54, 1.807) is 6.07 Å². The van der Waals surface area contributed by atoms with E-state index >= 15 is 0 Å². The molecule has 1 aromatic heterocycles. The molecule has 0 bridgehead atoms. The van der Waals surface area contributed by atoms with Gasteiger partial charge in [0.1, 0.15) is 18.2 Å². The highest BCUT2D eigenvalue weighted by Crippen LogP contribution is 2.26. The topological polar surface area (TPSA) is 34.1 Å². The van der Waals surface area contributed by atoms with Gasteiger partial charge in [0.2, 0.25) is 0 Å². The van der Waals surface area contributed by atoms with Gasteiger partial charge in [0.15, 0.2) is 0 Å². The van der Waals surface area contributed by atoms with Crippen LogP contribution in [-0.4, -0.2) is 11.0 Å². The summed E-state index contributed by atoms with van der Waals surface area (Å²) in [6, 6.07) is 9.08. The number of hydrogen-bond acceptors (Lipinski definition) is 3. The quantitative estimate of drug-likeness (QED) is 0.859. The van der Waals surface area contributed by atoms with Crippen LogP contribution >= 0.6 is 15.9 Å². The van der Waals surface area contributed by atoms with E-state index in [9.17, 15) is 4.39 Å². The molecule has 1 heterocycles. The van der Waals surface area contributed by atoms with E-state index < -0.39 is 0 Å². The number of hydrogen-bond donors (Lipinski definition) is 1. The second-order valence-electron chi connectivity index (χ2n) is 5.18. The Morgan fingerprint density at radius 2 is 2.14 bits per heavy atom. The Balaban J connectivity index is 1.54. The summed E-state index contributed by atoms with van der Waals surface area (Å²) in [5, 5.41) is 3.45. The number of halogens is 2. The van der Waals surface area contributed by atoms with Crippen molar-refractivity contribution in [3.05, 3.63) is 58.1 Å². The second-order valence-corrected chi connectivity index (χ2v) is 6.03. The van der Waals surface area contributed by atoms with Crippen LogP contribution in [0.4, 0.5) is 4.39 Å². The van der Waals surface area contributed by atoms with Crippen LogP contribution in [0, 0.1) is 5.82 Å². The van der Waals surface area contributed by atoms with Crippen molar-refractivity contribution in [1.29, 1.82) is 0 Å². The van der Waals surface area contributed by atoms with Gasteiger partial charge in [-0.15, -0.1) is 0 Å². The van der Waals surface area contributed by atoms with E-state index in [0.29, 0.717) is 22.9 Å². The molecule has 1 N–H and O–H groups in total. The Morgan fingerprint density at radius 3 is 2.81 bits per heavy atom. The van der Waals surface area contributed by atoms with Crippen molar-refractivity contribution in [2.45, 2.75) is 32.0 Å². The highest BCUT2D eigenvalue weighted by Gasteiger charge is 2.19. The molecule has 0 saturated heterocycles. The zero-order valence-corrected chi connectivity index (χ0v) is 13.1. The fourth-order valence-electron chi connectivity index (χ4n) is 1.94. The molecule has 1 aliphatic rings. The van der Waals surface area contributed by atoms with E-state index in [-0.39, 0.29) is 5.82 Å². The van der Waals surface area contributed by atoms with Gasteiger partial charge in [-0.1, -0.05) is 6.07 Å². The molecule has 0 amide bonds. The summed E-state index contributed by atoms with van der Waals surface area (Å²) >= 11 is 3.28. The minimum Gasteiger partial charge on any atom is -0.486 e. The number of rotatable bonds is 6. The molecule has 0 atom stereocenters. The summed E-state index contributed by atoms with van der Waals surface area (Å²) in [5.41, 5.74) is 2.02. The Morgan fingerprint density at radius 1 is 1.29 bits per heavy atom. The third kappa shape index (κ3) is 4.25. The number of aromatic nitrogens is 1. The van der Waals surface area contributed by atoms with Crippen LogP contribution in [0.1, 0.15) is 24.1 Å². The SMILES string of the molecule is Fc1ccc(OCc2ccc(CNC3CC3)cn2)c(Br)c1. The van der Waals surface area contributed by atoms with Crippen molar-refractivity contribution < 1.29 is 9.13 Å². The molecule has 1 aliphatic carbocycles. The molecule has 0 aliphatic heterocycles. The minimum absolute atomic E-state index is 0.292. The van der Waals surface area contributed by atoms with Gasteiger partial charge in [-0.05, 0) is 58.6 Å². The molecular weight excluding hydrogens is 335 g/mol. The van der Waals surface area contributed by atoms with E-state index in [1.807, 2.05) is 12.3 Å². The van der Waals surface area contributed by atoms with Crippen molar-refractivity contribution in [3.63, 3.8) is 0 Å². The van der Waals surface area contributed by atoms with Crippen molar-refractivity contribution in [2.75, 3.05) is 0 Å². The smallest absolute Gasteiger partial charge is 0.134 e. The maximum atomic E-state index is 13.0. The van der Waals surface area contributed by atoms with Crippen LogP contribution in [-0.2, 0) is 13.2 Å². The third-order valence-corrected chi connectivity index (χ3v) is 3.95.